The second-order valence-electron chi connectivity index (χ2n) is 6.17. The highest BCUT2D eigenvalue weighted by atomic mass is 16.2. The Hall–Kier alpha value is -1.10. The molecular formula is C13H25N3O2. The topological polar surface area (TPSA) is 75.4 Å². The zero-order chi connectivity index (χ0) is 13.9. The summed E-state index contributed by atoms with van der Waals surface area (Å²) in [6, 6.07) is 0.220. The van der Waals surface area contributed by atoms with E-state index in [1.807, 2.05) is 32.6 Å². The van der Waals surface area contributed by atoms with Gasteiger partial charge in [-0.15, -0.1) is 0 Å². The first-order chi connectivity index (χ1) is 8.25. The Bertz CT molecular complexity index is 323. The third kappa shape index (κ3) is 3.70. The minimum atomic E-state index is -0.462. The van der Waals surface area contributed by atoms with E-state index in [0.29, 0.717) is 19.0 Å². The number of hydrogen-bond donors (Lipinski definition) is 2. The number of nitrogens with zero attached hydrogens (tertiary/aromatic N) is 1. The molecule has 2 amide bonds. The third-order valence-corrected chi connectivity index (χ3v) is 3.40. The molecule has 3 N–H and O–H groups in total. The number of amides is 2. The molecule has 2 atom stereocenters. The van der Waals surface area contributed by atoms with Crippen LogP contribution in [0.3, 0.4) is 0 Å². The molecule has 1 saturated heterocycles. The molecule has 18 heavy (non-hydrogen) atoms. The first-order valence-corrected chi connectivity index (χ1v) is 6.53. The minimum absolute atomic E-state index is 0.0175. The van der Waals surface area contributed by atoms with Crippen LogP contribution in [0.5, 0.6) is 0 Å². The fraction of sp³-hybridized carbons (Fsp3) is 0.846. The van der Waals surface area contributed by atoms with Crippen molar-refractivity contribution in [2.75, 3.05) is 19.6 Å². The Morgan fingerprint density at radius 2 is 2.00 bits per heavy atom. The van der Waals surface area contributed by atoms with Crippen molar-refractivity contribution in [1.29, 1.82) is 0 Å². The molecular weight excluding hydrogens is 230 g/mol. The maximum absolute atomic E-state index is 12.0. The fourth-order valence-corrected chi connectivity index (χ4v) is 2.18. The lowest BCUT2D eigenvalue weighted by atomic mass is 9.96. The van der Waals surface area contributed by atoms with Crippen molar-refractivity contribution in [2.45, 2.75) is 40.2 Å². The normalized spacial score (nSPS) is 24.2. The average molecular weight is 255 g/mol. The summed E-state index contributed by atoms with van der Waals surface area (Å²) in [6.45, 7) is 8.92. The maximum Gasteiger partial charge on any atom is 0.242 e. The lowest BCUT2D eigenvalue weighted by molar-refractivity contribution is -0.135. The molecule has 2 unspecified atom stereocenters. The van der Waals surface area contributed by atoms with Crippen LogP contribution in [0.1, 0.15) is 34.1 Å². The molecule has 1 aliphatic rings. The Morgan fingerprint density at radius 1 is 1.39 bits per heavy atom. The Labute approximate surface area is 109 Å². The summed E-state index contributed by atoms with van der Waals surface area (Å²) in [5, 5.41) is 2.69. The molecule has 5 heteroatoms. The van der Waals surface area contributed by atoms with Crippen molar-refractivity contribution in [3.63, 3.8) is 0 Å². The zero-order valence-electron chi connectivity index (χ0n) is 11.8. The number of rotatable bonds is 3. The molecule has 0 aromatic rings. The van der Waals surface area contributed by atoms with Crippen LogP contribution in [0.2, 0.25) is 0 Å². The Balaban J connectivity index is 2.45. The van der Waals surface area contributed by atoms with Crippen LogP contribution in [-0.2, 0) is 9.59 Å². The molecule has 0 aromatic heterocycles. The van der Waals surface area contributed by atoms with Gasteiger partial charge >= 0.3 is 0 Å². The van der Waals surface area contributed by atoms with Crippen LogP contribution in [0.15, 0.2) is 0 Å². The van der Waals surface area contributed by atoms with Crippen LogP contribution in [0, 0.1) is 11.3 Å². The van der Waals surface area contributed by atoms with E-state index in [1.165, 1.54) is 0 Å². The second-order valence-corrected chi connectivity index (χ2v) is 6.17. The summed E-state index contributed by atoms with van der Waals surface area (Å²) in [5.74, 6) is 0.274. The number of carbonyl (C=O) groups excluding carboxylic acids is 2. The summed E-state index contributed by atoms with van der Waals surface area (Å²) in [5.41, 5.74) is 5.17. The Morgan fingerprint density at radius 3 is 2.44 bits per heavy atom. The highest BCUT2D eigenvalue weighted by Gasteiger charge is 2.32. The maximum atomic E-state index is 12.0. The van der Waals surface area contributed by atoms with Crippen molar-refractivity contribution in [2.24, 2.45) is 17.1 Å². The Kier molecular flexibility index (Phi) is 4.73. The third-order valence-electron chi connectivity index (χ3n) is 3.40. The van der Waals surface area contributed by atoms with Crippen LogP contribution in [0.25, 0.3) is 0 Å². The van der Waals surface area contributed by atoms with Gasteiger partial charge in [-0.25, -0.2) is 0 Å². The van der Waals surface area contributed by atoms with Gasteiger partial charge in [0.25, 0.3) is 0 Å². The molecule has 1 rings (SSSR count). The number of hydrogen-bond acceptors (Lipinski definition) is 3. The summed E-state index contributed by atoms with van der Waals surface area (Å²) >= 11 is 0. The lowest BCUT2D eigenvalue weighted by Gasteiger charge is -2.23. The predicted octanol–water partition coefficient (Wildman–Crippen LogP) is 0.344. The van der Waals surface area contributed by atoms with Gasteiger partial charge in [-0.3, -0.25) is 9.59 Å². The van der Waals surface area contributed by atoms with E-state index >= 15 is 0 Å². The quantitative estimate of drug-likeness (QED) is 0.764. The molecule has 5 nitrogen and oxygen atoms in total. The summed E-state index contributed by atoms with van der Waals surface area (Å²) in [6.07, 6.45) is 0.954. The van der Waals surface area contributed by atoms with Gasteiger partial charge in [0.1, 0.15) is 0 Å². The van der Waals surface area contributed by atoms with E-state index in [4.69, 9.17) is 5.73 Å². The van der Waals surface area contributed by atoms with Crippen molar-refractivity contribution >= 4 is 11.8 Å². The van der Waals surface area contributed by atoms with E-state index in [9.17, 15) is 9.59 Å². The van der Waals surface area contributed by atoms with Gasteiger partial charge in [-0.2, -0.15) is 0 Å². The van der Waals surface area contributed by atoms with Crippen molar-refractivity contribution in [3.8, 4) is 0 Å². The number of carbonyl (C=O) groups is 2. The molecule has 1 heterocycles. The van der Waals surface area contributed by atoms with Gasteiger partial charge in [-0.1, -0.05) is 20.8 Å². The summed E-state index contributed by atoms with van der Waals surface area (Å²) < 4.78 is 0. The molecule has 0 saturated carbocycles. The number of likely N-dealkylation sites (tertiary alicyclic amines) is 1. The standard InChI is InChI=1S/C13H25N3O2/c1-9-5-10(6-14)8-16(9)11(17)7-15-12(18)13(2,3)4/h9-10H,5-8,14H2,1-4H3,(H,15,18). The van der Waals surface area contributed by atoms with Gasteiger partial charge in [0.2, 0.25) is 11.8 Å². The number of nitrogens with two attached hydrogens (primary N) is 1. The first kappa shape index (κ1) is 15.0. The van der Waals surface area contributed by atoms with Crippen LogP contribution < -0.4 is 11.1 Å². The molecule has 0 radical (unpaired) electrons. The molecule has 104 valence electrons. The van der Waals surface area contributed by atoms with Gasteiger partial charge in [0, 0.05) is 18.0 Å². The molecule has 0 aromatic carbocycles. The van der Waals surface area contributed by atoms with E-state index in [-0.39, 0.29) is 24.4 Å². The molecule has 1 aliphatic heterocycles. The summed E-state index contributed by atoms with van der Waals surface area (Å²) in [7, 11) is 0. The smallest absolute Gasteiger partial charge is 0.242 e. The first-order valence-electron chi connectivity index (χ1n) is 6.53. The monoisotopic (exact) mass is 255 g/mol. The molecule has 0 spiro atoms. The fourth-order valence-electron chi connectivity index (χ4n) is 2.18. The van der Waals surface area contributed by atoms with Gasteiger partial charge in [0.15, 0.2) is 0 Å². The van der Waals surface area contributed by atoms with E-state index in [0.717, 1.165) is 6.42 Å². The zero-order valence-corrected chi connectivity index (χ0v) is 11.8. The minimum Gasteiger partial charge on any atom is -0.347 e. The van der Waals surface area contributed by atoms with Crippen LogP contribution in [-0.4, -0.2) is 42.4 Å². The molecule has 0 aliphatic carbocycles. The molecule has 1 fully saturated rings. The highest BCUT2D eigenvalue weighted by Crippen LogP contribution is 2.21. The largest absolute Gasteiger partial charge is 0.347 e. The summed E-state index contributed by atoms with van der Waals surface area (Å²) in [4.78, 5) is 25.5. The van der Waals surface area contributed by atoms with E-state index in [1.54, 1.807) is 0 Å². The van der Waals surface area contributed by atoms with Crippen molar-refractivity contribution in [1.82, 2.24) is 10.2 Å². The van der Waals surface area contributed by atoms with E-state index < -0.39 is 5.41 Å². The van der Waals surface area contributed by atoms with Gasteiger partial charge in [-0.05, 0) is 25.8 Å². The second kappa shape index (κ2) is 5.69. The van der Waals surface area contributed by atoms with Crippen molar-refractivity contribution in [3.05, 3.63) is 0 Å². The SMILES string of the molecule is CC1CC(CN)CN1C(=O)CNC(=O)C(C)(C)C. The predicted molar refractivity (Wildman–Crippen MR) is 70.8 cm³/mol. The van der Waals surface area contributed by atoms with Crippen LogP contribution >= 0.6 is 0 Å². The lowest BCUT2D eigenvalue weighted by Crippen LogP contribution is -2.44. The van der Waals surface area contributed by atoms with Crippen molar-refractivity contribution < 1.29 is 9.59 Å². The van der Waals surface area contributed by atoms with Gasteiger partial charge in [0.05, 0.1) is 6.54 Å². The highest BCUT2D eigenvalue weighted by molar-refractivity contribution is 5.87. The number of nitrogens with one attached hydrogen (secondary N) is 1. The van der Waals surface area contributed by atoms with Crippen LogP contribution in [0.4, 0.5) is 0 Å². The van der Waals surface area contributed by atoms with E-state index in [2.05, 4.69) is 5.32 Å². The average Bonchev–Trinajstić information content (AvgIpc) is 2.65. The van der Waals surface area contributed by atoms with Gasteiger partial charge < -0.3 is 16.0 Å². The molecule has 0 bridgehead atoms.